The number of amides is 1. The van der Waals surface area contributed by atoms with Crippen molar-refractivity contribution in [3.05, 3.63) is 69.8 Å². The molecule has 0 aromatic heterocycles. The van der Waals surface area contributed by atoms with Gasteiger partial charge in [0.05, 0.1) is 4.92 Å². The third-order valence-electron chi connectivity index (χ3n) is 4.85. The van der Waals surface area contributed by atoms with Crippen LogP contribution in [0.25, 0.3) is 0 Å². The number of carbonyl (C=O) groups is 1. The fourth-order valence-corrected chi connectivity index (χ4v) is 3.17. The van der Waals surface area contributed by atoms with Crippen LogP contribution in [0.1, 0.15) is 31.4 Å². The summed E-state index contributed by atoms with van der Waals surface area (Å²) in [6.45, 7) is 2.72. The highest BCUT2D eigenvalue weighted by Crippen LogP contribution is 2.42. The standard InChI is InChI=1S/C20H18F6N2O4/c1-17(2,12-6-4-3-5-7-12)11-18(30,20(24,25)26)16(29)27-13-8-9-15(28(31)32)14(10-13)19(21,22)23/h3-10,30H,11H2,1-2H3,(H,27,29). The number of benzene rings is 2. The number of rotatable bonds is 6. The van der Waals surface area contributed by atoms with Gasteiger partial charge in [-0.1, -0.05) is 44.2 Å². The molecule has 0 spiro atoms. The molecular formula is C20H18F6N2O4. The van der Waals surface area contributed by atoms with Crippen LogP contribution in [-0.4, -0.2) is 27.7 Å². The Balaban J connectivity index is 2.44. The van der Waals surface area contributed by atoms with Gasteiger partial charge in [-0.15, -0.1) is 0 Å². The fourth-order valence-electron chi connectivity index (χ4n) is 3.17. The zero-order valence-electron chi connectivity index (χ0n) is 16.7. The first-order chi connectivity index (χ1) is 14.5. The van der Waals surface area contributed by atoms with Crippen molar-refractivity contribution in [1.29, 1.82) is 0 Å². The molecule has 12 heteroatoms. The van der Waals surface area contributed by atoms with E-state index in [2.05, 4.69) is 0 Å². The molecule has 0 aliphatic carbocycles. The molecule has 174 valence electrons. The van der Waals surface area contributed by atoms with E-state index in [1.165, 1.54) is 26.0 Å². The summed E-state index contributed by atoms with van der Waals surface area (Å²) in [6, 6.07) is 8.91. The minimum Gasteiger partial charge on any atom is -0.373 e. The van der Waals surface area contributed by atoms with E-state index in [-0.39, 0.29) is 6.07 Å². The second-order valence-corrected chi connectivity index (χ2v) is 7.73. The molecule has 2 N–H and O–H groups in total. The summed E-state index contributed by atoms with van der Waals surface area (Å²) in [5.41, 5.74) is -8.85. The lowest BCUT2D eigenvalue weighted by molar-refractivity contribution is -0.388. The summed E-state index contributed by atoms with van der Waals surface area (Å²) < 4.78 is 80.6. The van der Waals surface area contributed by atoms with Gasteiger partial charge in [0, 0.05) is 18.2 Å². The number of nitro benzene ring substituents is 1. The number of nitrogens with one attached hydrogen (secondary N) is 1. The summed E-state index contributed by atoms with van der Waals surface area (Å²) in [4.78, 5) is 22.0. The average Bonchev–Trinajstić information content (AvgIpc) is 2.66. The van der Waals surface area contributed by atoms with E-state index in [9.17, 15) is 46.4 Å². The summed E-state index contributed by atoms with van der Waals surface area (Å²) in [6.07, 6.45) is -11.8. The normalized spacial score (nSPS) is 14.5. The number of hydrogen-bond acceptors (Lipinski definition) is 4. The number of nitro groups is 1. The molecule has 0 saturated heterocycles. The molecule has 2 aromatic rings. The number of anilines is 1. The topological polar surface area (TPSA) is 92.5 Å². The summed E-state index contributed by atoms with van der Waals surface area (Å²) in [7, 11) is 0. The second kappa shape index (κ2) is 8.41. The Labute approximate surface area is 178 Å². The monoisotopic (exact) mass is 464 g/mol. The van der Waals surface area contributed by atoms with Crippen LogP contribution < -0.4 is 5.32 Å². The molecule has 2 rings (SSSR count). The molecule has 0 heterocycles. The van der Waals surface area contributed by atoms with Crippen LogP contribution in [0, 0.1) is 10.1 Å². The SMILES string of the molecule is CC(C)(CC(O)(C(=O)Nc1ccc([N+](=O)[O-])c(C(F)(F)F)c1)C(F)(F)F)c1ccccc1. The van der Waals surface area contributed by atoms with Crippen LogP contribution in [0.4, 0.5) is 37.7 Å². The van der Waals surface area contributed by atoms with Gasteiger partial charge in [-0.25, -0.2) is 0 Å². The van der Waals surface area contributed by atoms with Crippen molar-refractivity contribution >= 4 is 17.3 Å². The van der Waals surface area contributed by atoms with Gasteiger partial charge in [0.15, 0.2) is 0 Å². The van der Waals surface area contributed by atoms with Crippen molar-refractivity contribution in [1.82, 2.24) is 0 Å². The fraction of sp³-hybridized carbons (Fsp3) is 0.350. The van der Waals surface area contributed by atoms with E-state index in [4.69, 9.17) is 0 Å². The first-order valence-corrected chi connectivity index (χ1v) is 9.01. The van der Waals surface area contributed by atoms with E-state index in [0.29, 0.717) is 17.7 Å². The Bertz CT molecular complexity index is 1010. The highest BCUT2D eigenvalue weighted by atomic mass is 19.4. The molecule has 0 aliphatic rings. The molecular weight excluding hydrogens is 446 g/mol. The highest BCUT2D eigenvalue weighted by Gasteiger charge is 2.61. The van der Waals surface area contributed by atoms with E-state index in [1.807, 2.05) is 0 Å². The number of alkyl halides is 6. The predicted molar refractivity (Wildman–Crippen MR) is 102 cm³/mol. The number of halogens is 6. The lowest BCUT2D eigenvalue weighted by Crippen LogP contribution is -2.57. The number of carbonyl (C=O) groups excluding carboxylic acids is 1. The lowest BCUT2D eigenvalue weighted by atomic mass is 9.74. The smallest absolute Gasteiger partial charge is 0.373 e. The maximum absolute atomic E-state index is 13.8. The van der Waals surface area contributed by atoms with Crippen molar-refractivity contribution in [3.8, 4) is 0 Å². The van der Waals surface area contributed by atoms with Crippen molar-refractivity contribution in [2.24, 2.45) is 0 Å². The third-order valence-corrected chi connectivity index (χ3v) is 4.85. The van der Waals surface area contributed by atoms with Crippen LogP contribution >= 0.6 is 0 Å². The van der Waals surface area contributed by atoms with Crippen molar-refractivity contribution in [3.63, 3.8) is 0 Å². The van der Waals surface area contributed by atoms with Gasteiger partial charge in [-0.05, 0) is 23.1 Å². The number of nitrogens with zero attached hydrogens (tertiary/aromatic N) is 1. The molecule has 0 bridgehead atoms. The molecule has 0 aliphatic heterocycles. The average molecular weight is 464 g/mol. The predicted octanol–water partition coefficient (Wildman–Crippen LogP) is 5.21. The molecule has 0 saturated carbocycles. The summed E-state index contributed by atoms with van der Waals surface area (Å²) >= 11 is 0. The summed E-state index contributed by atoms with van der Waals surface area (Å²) in [5, 5.41) is 22.8. The van der Waals surface area contributed by atoms with Crippen molar-refractivity contribution < 1.29 is 41.2 Å². The zero-order chi connectivity index (χ0) is 24.5. The Morgan fingerprint density at radius 2 is 1.59 bits per heavy atom. The first-order valence-electron chi connectivity index (χ1n) is 9.01. The van der Waals surface area contributed by atoms with Gasteiger partial charge in [0.25, 0.3) is 11.6 Å². The Morgan fingerprint density at radius 3 is 2.06 bits per heavy atom. The molecule has 1 atom stereocenters. The Hall–Kier alpha value is -3.15. The van der Waals surface area contributed by atoms with Crippen LogP contribution in [-0.2, 0) is 16.4 Å². The van der Waals surface area contributed by atoms with Gasteiger partial charge in [-0.2, -0.15) is 26.3 Å². The minimum atomic E-state index is -5.48. The Kier molecular flexibility index (Phi) is 6.60. The molecule has 0 radical (unpaired) electrons. The quantitative estimate of drug-likeness (QED) is 0.349. The van der Waals surface area contributed by atoms with Gasteiger partial charge in [-0.3, -0.25) is 14.9 Å². The van der Waals surface area contributed by atoms with Crippen LogP contribution in [0.5, 0.6) is 0 Å². The molecule has 32 heavy (non-hydrogen) atoms. The van der Waals surface area contributed by atoms with Crippen LogP contribution in [0.15, 0.2) is 48.5 Å². The van der Waals surface area contributed by atoms with Crippen LogP contribution in [0.3, 0.4) is 0 Å². The first kappa shape index (κ1) is 25.1. The zero-order valence-corrected chi connectivity index (χ0v) is 16.7. The molecule has 0 fully saturated rings. The van der Waals surface area contributed by atoms with E-state index >= 15 is 0 Å². The van der Waals surface area contributed by atoms with Gasteiger partial charge in [0.1, 0.15) is 5.56 Å². The molecule has 1 amide bonds. The number of aliphatic hydroxyl groups is 1. The number of hydrogen-bond donors (Lipinski definition) is 2. The van der Waals surface area contributed by atoms with Gasteiger partial charge < -0.3 is 10.4 Å². The maximum Gasteiger partial charge on any atom is 0.426 e. The second-order valence-electron chi connectivity index (χ2n) is 7.73. The minimum absolute atomic E-state index is 0.134. The van der Waals surface area contributed by atoms with Crippen molar-refractivity contribution in [2.75, 3.05) is 5.32 Å². The van der Waals surface area contributed by atoms with E-state index in [0.717, 1.165) is 0 Å². The molecule has 2 aromatic carbocycles. The van der Waals surface area contributed by atoms with Gasteiger partial charge >= 0.3 is 12.4 Å². The van der Waals surface area contributed by atoms with E-state index in [1.54, 1.807) is 23.5 Å². The Morgan fingerprint density at radius 1 is 1.03 bits per heavy atom. The largest absolute Gasteiger partial charge is 0.426 e. The highest BCUT2D eigenvalue weighted by molar-refractivity contribution is 5.98. The van der Waals surface area contributed by atoms with Crippen LogP contribution in [0.2, 0.25) is 0 Å². The van der Waals surface area contributed by atoms with E-state index < -0.39 is 57.6 Å². The maximum atomic E-state index is 13.8. The van der Waals surface area contributed by atoms with Crippen molar-refractivity contribution in [2.45, 2.75) is 43.6 Å². The molecule has 6 nitrogen and oxygen atoms in total. The van der Waals surface area contributed by atoms with Gasteiger partial charge in [0.2, 0.25) is 5.60 Å². The summed E-state index contributed by atoms with van der Waals surface area (Å²) in [5.74, 6) is -2.02. The molecule has 1 unspecified atom stereocenters. The lowest BCUT2D eigenvalue weighted by Gasteiger charge is -2.36. The third kappa shape index (κ3) is 5.18.